The van der Waals surface area contributed by atoms with E-state index in [0.29, 0.717) is 28.7 Å². The van der Waals surface area contributed by atoms with Gasteiger partial charge in [0, 0.05) is 45.4 Å². The Hall–Kier alpha value is -3.81. The highest BCUT2D eigenvalue weighted by molar-refractivity contribution is 5.89. The molecule has 2 heterocycles. The Morgan fingerprint density at radius 2 is 2.12 bits per heavy atom. The van der Waals surface area contributed by atoms with Gasteiger partial charge in [0.25, 0.3) is 5.89 Å². The van der Waals surface area contributed by atoms with Gasteiger partial charge < -0.3 is 25.1 Å². The smallest absolute Gasteiger partial charge is 0.304 e. The van der Waals surface area contributed by atoms with Crippen LogP contribution in [0.3, 0.4) is 0 Å². The second kappa shape index (κ2) is 7.71. The minimum Gasteiger partial charge on any atom is -0.491 e. The topological polar surface area (TPSA) is 127 Å². The van der Waals surface area contributed by atoms with E-state index in [2.05, 4.69) is 15.1 Å². The molecule has 2 aromatic heterocycles. The number of aromatic nitrogens is 3. The van der Waals surface area contributed by atoms with E-state index < -0.39 is 5.97 Å². The first-order chi connectivity index (χ1) is 15.4. The van der Waals surface area contributed by atoms with E-state index in [1.807, 2.05) is 38.1 Å². The highest BCUT2D eigenvalue weighted by Crippen LogP contribution is 2.40. The van der Waals surface area contributed by atoms with Gasteiger partial charge in [0.1, 0.15) is 5.75 Å². The molecule has 0 radical (unpaired) electrons. The summed E-state index contributed by atoms with van der Waals surface area (Å²) in [6.07, 6.45) is 1.86. The first-order valence-corrected chi connectivity index (χ1v) is 10.7. The fraction of sp³-hybridized carbons (Fsp3) is 0.292. The van der Waals surface area contributed by atoms with E-state index in [0.717, 1.165) is 35.0 Å². The van der Waals surface area contributed by atoms with E-state index in [4.69, 9.17) is 15.0 Å². The normalized spacial score (nSPS) is 15.4. The van der Waals surface area contributed by atoms with Gasteiger partial charge in [-0.2, -0.15) is 4.98 Å². The Labute approximate surface area is 184 Å². The number of aliphatic carboxylic acids is 1. The third kappa shape index (κ3) is 3.68. The summed E-state index contributed by atoms with van der Waals surface area (Å²) in [7, 11) is 0. The van der Waals surface area contributed by atoms with Crippen LogP contribution in [0.4, 0.5) is 5.69 Å². The summed E-state index contributed by atoms with van der Waals surface area (Å²) in [6.45, 7) is 3.90. The van der Waals surface area contributed by atoms with Crippen molar-refractivity contribution in [1.82, 2.24) is 15.1 Å². The number of carbonyl (C=O) groups is 1. The van der Waals surface area contributed by atoms with Crippen molar-refractivity contribution >= 4 is 22.6 Å². The van der Waals surface area contributed by atoms with Crippen molar-refractivity contribution in [2.45, 2.75) is 45.1 Å². The third-order valence-corrected chi connectivity index (χ3v) is 5.74. The summed E-state index contributed by atoms with van der Waals surface area (Å²) in [6, 6.07) is 11.3. The van der Waals surface area contributed by atoms with E-state index in [1.54, 1.807) is 12.1 Å². The second-order valence-electron chi connectivity index (χ2n) is 8.49. The van der Waals surface area contributed by atoms with Gasteiger partial charge in [0.2, 0.25) is 5.82 Å². The van der Waals surface area contributed by atoms with E-state index >= 15 is 0 Å². The Kier molecular flexibility index (Phi) is 4.84. The lowest BCUT2D eigenvalue weighted by atomic mass is 10.0. The Morgan fingerprint density at radius 3 is 2.91 bits per heavy atom. The minimum atomic E-state index is -0.773. The molecule has 32 heavy (non-hydrogen) atoms. The number of nitrogens with zero attached hydrogens (tertiary/aromatic N) is 2. The number of ether oxygens (including phenoxy) is 1. The first kappa shape index (κ1) is 20.1. The summed E-state index contributed by atoms with van der Waals surface area (Å²) in [5.74, 6) is 0.744. The summed E-state index contributed by atoms with van der Waals surface area (Å²) >= 11 is 0. The van der Waals surface area contributed by atoms with Crippen LogP contribution >= 0.6 is 0 Å². The quantitative estimate of drug-likeness (QED) is 0.375. The number of anilines is 1. The molecule has 0 aliphatic heterocycles. The zero-order valence-corrected chi connectivity index (χ0v) is 17.9. The maximum atomic E-state index is 11.2. The number of carboxylic acids is 1. The minimum absolute atomic E-state index is 0.0211. The molecule has 2 aromatic carbocycles. The number of nitrogen functional groups attached to an aromatic ring is 1. The fourth-order valence-electron chi connectivity index (χ4n) is 4.45. The molecule has 0 saturated carbocycles. The number of hydrogen-bond donors (Lipinski definition) is 3. The van der Waals surface area contributed by atoms with Crippen LogP contribution in [0.1, 0.15) is 43.9 Å². The maximum absolute atomic E-state index is 11.2. The highest BCUT2D eigenvalue weighted by Gasteiger charge is 2.28. The monoisotopic (exact) mass is 432 g/mol. The lowest BCUT2D eigenvalue weighted by Gasteiger charge is -2.10. The molecular formula is C24H24N4O4. The maximum Gasteiger partial charge on any atom is 0.304 e. The predicted molar refractivity (Wildman–Crippen MR) is 121 cm³/mol. The molecule has 0 spiro atoms. The van der Waals surface area contributed by atoms with Gasteiger partial charge in [0.05, 0.1) is 12.5 Å². The number of fused-ring (bicyclic) bond motifs is 3. The molecule has 1 aliphatic carbocycles. The molecule has 8 heteroatoms. The number of aromatic amines is 1. The molecule has 1 atom stereocenters. The summed E-state index contributed by atoms with van der Waals surface area (Å²) in [4.78, 5) is 19.2. The van der Waals surface area contributed by atoms with Crippen molar-refractivity contribution in [3.05, 3.63) is 47.7 Å². The summed E-state index contributed by atoms with van der Waals surface area (Å²) in [5.41, 5.74) is 11.3. The zero-order valence-electron chi connectivity index (χ0n) is 17.9. The Balaban J connectivity index is 1.48. The molecular weight excluding hydrogens is 408 g/mol. The van der Waals surface area contributed by atoms with Gasteiger partial charge in [-0.25, -0.2) is 0 Å². The molecule has 4 aromatic rings. The van der Waals surface area contributed by atoms with Crippen molar-refractivity contribution in [3.8, 4) is 28.6 Å². The second-order valence-corrected chi connectivity index (χ2v) is 8.49. The average Bonchev–Trinajstić information content (AvgIpc) is 3.43. The number of benzene rings is 2. The first-order valence-electron chi connectivity index (χ1n) is 10.7. The van der Waals surface area contributed by atoms with Crippen molar-refractivity contribution in [3.63, 3.8) is 0 Å². The van der Waals surface area contributed by atoms with Gasteiger partial charge in [-0.15, -0.1) is 0 Å². The van der Waals surface area contributed by atoms with Gasteiger partial charge in [-0.05, 0) is 62.6 Å². The summed E-state index contributed by atoms with van der Waals surface area (Å²) in [5, 5.41) is 14.4. The van der Waals surface area contributed by atoms with Crippen molar-refractivity contribution in [1.29, 1.82) is 0 Å². The average molecular weight is 432 g/mol. The van der Waals surface area contributed by atoms with Gasteiger partial charge >= 0.3 is 5.97 Å². The molecule has 0 amide bonds. The van der Waals surface area contributed by atoms with E-state index in [1.165, 1.54) is 5.56 Å². The lowest BCUT2D eigenvalue weighted by molar-refractivity contribution is -0.137. The van der Waals surface area contributed by atoms with Gasteiger partial charge in [-0.1, -0.05) is 5.16 Å². The van der Waals surface area contributed by atoms with Crippen LogP contribution in [0.15, 0.2) is 40.9 Å². The lowest BCUT2D eigenvalue weighted by Crippen LogP contribution is -2.05. The fourth-order valence-corrected chi connectivity index (χ4v) is 4.45. The highest BCUT2D eigenvalue weighted by atomic mass is 16.5. The number of hydrogen-bond acceptors (Lipinski definition) is 6. The molecule has 0 fully saturated rings. The van der Waals surface area contributed by atoms with Crippen molar-refractivity contribution < 1.29 is 19.2 Å². The van der Waals surface area contributed by atoms with Crippen molar-refractivity contribution in [2.24, 2.45) is 0 Å². The molecule has 5 rings (SSSR count). The Bertz CT molecular complexity index is 1320. The molecule has 0 bridgehead atoms. The molecule has 4 N–H and O–H groups in total. The van der Waals surface area contributed by atoms with Crippen LogP contribution in [0.2, 0.25) is 0 Å². The Morgan fingerprint density at radius 1 is 1.28 bits per heavy atom. The van der Waals surface area contributed by atoms with Gasteiger partial charge in [-0.3, -0.25) is 4.79 Å². The van der Waals surface area contributed by atoms with E-state index in [-0.39, 0.29) is 18.4 Å². The molecule has 0 saturated heterocycles. The summed E-state index contributed by atoms with van der Waals surface area (Å²) < 4.78 is 11.3. The van der Waals surface area contributed by atoms with E-state index in [9.17, 15) is 9.90 Å². The number of nitrogens with two attached hydrogens (primary N) is 1. The zero-order chi connectivity index (χ0) is 22.4. The standard InChI is InChI=1S/C24H24N4O4/c1-12(2)31-17-8-15(7-16(25)11-17)24-27-23(28-32-24)14-4-6-20-19(9-14)18-5-3-13(10-21(29)30)22(18)26-20/h4,6-9,11-13,26H,3,5,10,25H2,1-2H3,(H,29,30). The van der Waals surface area contributed by atoms with Crippen LogP contribution in [0.5, 0.6) is 5.75 Å². The van der Waals surface area contributed by atoms with Crippen molar-refractivity contribution in [2.75, 3.05) is 5.73 Å². The van der Waals surface area contributed by atoms with Crippen LogP contribution in [0.25, 0.3) is 33.7 Å². The molecule has 164 valence electrons. The SMILES string of the molecule is CC(C)Oc1cc(N)cc(-c2nc(-c3ccc4[nH]c5c(c4c3)CCC5CC(=O)O)no2)c1. The van der Waals surface area contributed by atoms with Crippen LogP contribution in [-0.4, -0.2) is 32.3 Å². The number of H-pyrrole nitrogens is 1. The van der Waals surface area contributed by atoms with Crippen LogP contribution < -0.4 is 10.5 Å². The number of aryl methyl sites for hydroxylation is 1. The number of nitrogens with one attached hydrogen (secondary N) is 1. The molecule has 1 aliphatic rings. The third-order valence-electron chi connectivity index (χ3n) is 5.74. The predicted octanol–water partition coefficient (Wildman–Crippen LogP) is 4.76. The molecule has 1 unspecified atom stereocenters. The van der Waals surface area contributed by atoms with Crippen LogP contribution in [0, 0.1) is 0 Å². The van der Waals surface area contributed by atoms with Gasteiger partial charge in [0.15, 0.2) is 0 Å². The van der Waals surface area contributed by atoms with Crippen LogP contribution in [-0.2, 0) is 11.2 Å². The largest absolute Gasteiger partial charge is 0.491 e. The number of carboxylic acid groups (broad SMARTS) is 1. The number of rotatable bonds is 6. The molecule has 8 nitrogen and oxygen atoms in total.